The molecule has 0 radical (unpaired) electrons. The zero-order valence-electron chi connectivity index (χ0n) is 70.1. The summed E-state index contributed by atoms with van der Waals surface area (Å²) in [6, 6.07) is 25.5. The molecule has 0 aliphatic carbocycles. The molecule has 0 saturated carbocycles. The molecule has 0 bridgehead atoms. The number of aryl methyl sites for hydroxylation is 5. The standard InChI is InChI=1S/C16H22N6O3.C15H20N6OS.C14H16N8S.C13H13N5.C11H14N6S.C11H9N5O2/c1-16(2,3)25-15(23)20-7-9-5-6-10(24-9)12(17)11-13(18)21-8-22-14(11)19-4;1-18-15-12(14(17)19-9-20-15)13(16)11-3-2-10(23-11)8-21-4-6-22-7-5-21;1-20-13-9(11(16)21-6-22-13)10(15)7-2-4-8(5-3-7)12(17)23-14(18)19;1-8-4-3-5-9(6-8)11-10-12(14)15-7-16-13(10)18(2)17-11;1-5-9(18-6(2)17-5)8(12)7-10(13)15-4-16-11(7)14-3;1-16-11-8(10(12)13-5-14-11)9(15-16)7-3-2-6(4-17)18-7/h5-6,8,17H,7H2,1-4H3,(H,20,23)(H3,18,19,21,22);2-3,9,16H,4-8H2,1H3,(H3,17,18,19,20);2-6,15,17H,1H3,(H3,18,19)(H3,16,20,21,22);3-7H,1-2H3,(H2,14,15,16);4,12H,1-3H3,(H3,13,14,15,16);2-5H,1H3,(H2,12,13,14). The van der Waals surface area contributed by atoms with Crippen molar-refractivity contribution < 1.29 is 27.9 Å². The van der Waals surface area contributed by atoms with Crippen molar-refractivity contribution in [1.82, 2.24) is 94.6 Å². The highest BCUT2D eigenvalue weighted by atomic mass is 32.2. The molecule has 1 amide bonds. The van der Waals surface area contributed by atoms with E-state index < -0.39 is 11.7 Å². The van der Waals surface area contributed by atoms with Gasteiger partial charge < -0.3 is 85.0 Å². The summed E-state index contributed by atoms with van der Waals surface area (Å²) in [6.07, 6.45) is 8.35. The summed E-state index contributed by atoms with van der Waals surface area (Å²) in [4.78, 5) is 80.3. The van der Waals surface area contributed by atoms with Crippen LogP contribution < -0.4 is 66.7 Å². The second kappa shape index (κ2) is 41.8. The molecular weight excluding hydrogens is 1660 g/mol. The number of thiazole rings is 1. The van der Waals surface area contributed by atoms with Crippen molar-refractivity contribution >= 4 is 160 Å². The Morgan fingerprint density at radius 2 is 1.06 bits per heavy atom. The van der Waals surface area contributed by atoms with Crippen LogP contribution in [-0.4, -0.2) is 195 Å². The van der Waals surface area contributed by atoms with Gasteiger partial charge in [-0.15, -0.1) is 22.7 Å². The van der Waals surface area contributed by atoms with Gasteiger partial charge in [0.05, 0.1) is 90.4 Å². The molecule has 14 aromatic rings. The number of ether oxygens (including phenoxy) is 2. The number of hydrogen-bond donors (Lipinski definition) is 18. The largest absolute Gasteiger partial charge is 0.458 e. The lowest BCUT2D eigenvalue weighted by atomic mass is 10.0. The zero-order chi connectivity index (χ0) is 90.5. The Kier molecular flexibility index (Phi) is 30.8. The predicted molar refractivity (Wildman–Crippen MR) is 489 cm³/mol. The number of morpholine rings is 1. The van der Waals surface area contributed by atoms with Crippen LogP contribution in [0, 0.1) is 53.2 Å². The van der Waals surface area contributed by atoms with Crippen molar-refractivity contribution in [2.75, 3.05) is 110 Å². The molecule has 0 spiro atoms. The number of thioether (sulfide) groups is 1. The van der Waals surface area contributed by atoms with E-state index in [2.05, 4.69) is 132 Å². The number of fused-ring (bicyclic) bond motifs is 2. The van der Waals surface area contributed by atoms with Crippen LogP contribution in [0.25, 0.3) is 44.8 Å². The van der Waals surface area contributed by atoms with Crippen LogP contribution in [0.15, 0.2) is 132 Å². The molecule has 25 N–H and O–H groups in total. The molecule has 648 valence electrons. The van der Waals surface area contributed by atoms with E-state index in [4.69, 9.17) is 90.9 Å². The number of nitrogens with two attached hydrogens (primary N) is 7. The topological polar surface area (TPSA) is 671 Å². The first-order chi connectivity index (χ1) is 59.7. The number of alkyl carbamates (subject to hydrolysis) is 1. The summed E-state index contributed by atoms with van der Waals surface area (Å²) in [6.45, 7) is 15.7. The molecule has 0 atom stereocenters. The first kappa shape index (κ1) is 92.1. The minimum absolute atomic E-state index is 0.0472. The number of benzene rings is 2. The molecule has 1 aliphatic rings. The van der Waals surface area contributed by atoms with Crippen LogP contribution >= 0.6 is 34.4 Å². The van der Waals surface area contributed by atoms with Crippen LogP contribution in [-0.2, 0) is 36.7 Å². The normalized spacial score (nSPS) is 11.6. The smallest absolute Gasteiger partial charge is 0.408 e. The number of carbonyl (C=O) groups excluding carboxylic acids is 2. The highest BCUT2D eigenvalue weighted by molar-refractivity contribution is 8.26. The molecule has 13 heterocycles. The van der Waals surface area contributed by atoms with Gasteiger partial charge in [0.2, 0.25) is 0 Å². The Morgan fingerprint density at radius 1 is 0.568 bits per heavy atom. The SMILES string of the molecule is CNc1ncnc(N)c1C(=N)c1ccc(C(=N)SC(=N)N)cc1.CNc1ncnc(N)c1C(=N)c1ccc(CN2CCOCC2)s1.CNc1ncnc(N)c1C(=N)c1ccc(CNC(=O)OC(C)(C)C)o1.CNc1ncnc(N)c1C(=N)c1sc(C)nc1C.Cc1cccc(-c2nn(C)c3ncnc(N)c23)c1.Cn1nc(-c2ccc(C=O)o2)c2c(N)ncnc21. The number of amidine groups is 1. The number of amides is 1. The van der Waals surface area contributed by atoms with E-state index in [1.807, 2.05) is 39.1 Å². The van der Waals surface area contributed by atoms with E-state index in [0.717, 1.165) is 87.4 Å². The maximum atomic E-state index is 11.7. The van der Waals surface area contributed by atoms with E-state index in [1.54, 1.807) is 125 Å². The van der Waals surface area contributed by atoms with Gasteiger partial charge in [-0.3, -0.25) is 42.2 Å². The molecular formula is C80H94N36O6S3. The van der Waals surface area contributed by atoms with E-state index in [-0.39, 0.29) is 45.6 Å². The van der Waals surface area contributed by atoms with Crippen molar-refractivity contribution in [2.24, 2.45) is 19.8 Å². The molecule has 42 nitrogen and oxygen atoms in total. The van der Waals surface area contributed by atoms with Crippen molar-refractivity contribution in [2.45, 2.75) is 60.2 Å². The summed E-state index contributed by atoms with van der Waals surface area (Å²) in [5, 5.41) is 73.8. The van der Waals surface area contributed by atoms with Gasteiger partial charge in [0.1, 0.15) is 130 Å². The quantitative estimate of drug-likeness (QED) is 0.0192. The number of nitrogens with one attached hydrogen (secondary N) is 11. The van der Waals surface area contributed by atoms with Crippen molar-refractivity contribution in [3.8, 4) is 22.7 Å². The van der Waals surface area contributed by atoms with Gasteiger partial charge >= 0.3 is 6.09 Å². The third kappa shape index (κ3) is 23.1. The van der Waals surface area contributed by atoms with E-state index in [0.29, 0.717) is 132 Å². The van der Waals surface area contributed by atoms with Crippen molar-refractivity contribution in [1.29, 1.82) is 32.5 Å². The molecule has 2 aromatic carbocycles. The Bertz CT molecular complexity index is 6260. The summed E-state index contributed by atoms with van der Waals surface area (Å²) in [5.41, 5.74) is 49.7. The van der Waals surface area contributed by atoms with Crippen molar-refractivity contribution in [3.63, 3.8) is 0 Å². The first-order valence-electron chi connectivity index (χ1n) is 37.8. The Balaban J connectivity index is 0.000000157. The van der Waals surface area contributed by atoms with E-state index >= 15 is 0 Å². The van der Waals surface area contributed by atoms with Gasteiger partial charge in [0.15, 0.2) is 40.0 Å². The Morgan fingerprint density at radius 3 is 1.56 bits per heavy atom. The fourth-order valence-corrected chi connectivity index (χ4v) is 14.5. The molecule has 125 heavy (non-hydrogen) atoms. The number of aldehydes is 1. The maximum Gasteiger partial charge on any atom is 0.408 e. The number of carbonyl (C=O) groups is 2. The van der Waals surface area contributed by atoms with Gasteiger partial charge in [-0.1, -0.05) is 48.0 Å². The Labute approximate surface area is 728 Å². The molecule has 1 aliphatic heterocycles. The lowest BCUT2D eigenvalue weighted by Crippen LogP contribution is -2.35. The van der Waals surface area contributed by atoms with Gasteiger partial charge in [-0.25, -0.2) is 78.9 Å². The van der Waals surface area contributed by atoms with Crippen LogP contribution in [0.5, 0.6) is 0 Å². The molecule has 45 heteroatoms. The third-order valence-corrected chi connectivity index (χ3v) is 20.7. The Hall–Kier alpha value is -15.2. The summed E-state index contributed by atoms with van der Waals surface area (Å²) < 4.78 is 24.8. The van der Waals surface area contributed by atoms with E-state index in [1.165, 1.54) is 59.7 Å². The lowest BCUT2D eigenvalue weighted by Gasteiger charge is -2.25. The number of furan rings is 2. The number of nitrogen functional groups attached to an aromatic ring is 6. The van der Waals surface area contributed by atoms with Gasteiger partial charge in [-0.2, -0.15) is 10.2 Å². The predicted octanol–water partition coefficient (Wildman–Crippen LogP) is 9.54. The first-order valence-corrected chi connectivity index (χ1v) is 40.3. The van der Waals surface area contributed by atoms with Crippen LogP contribution in [0.2, 0.25) is 0 Å². The number of nitrogens with zero attached hydrogens (tertiary/aromatic N) is 18. The highest BCUT2D eigenvalue weighted by Crippen LogP contribution is 2.34. The van der Waals surface area contributed by atoms with Crippen LogP contribution in [0.3, 0.4) is 0 Å². The third-order valence-electron chi connectivity index (χ3n) is 17.9. The maximum absolute atomic E-state index is 11.7. The summed E-state index contributed by atoms with van der Waals surface area (Å²) in [7, 11) is 10.5. The fraction of sp³-hybridized carbons (Fsp3) is 0.237. The molecule has 15 rings (SSSR count). The average molecular weight is 1750 g/mol. The number of hydrogen-bond acceptors (Lipinski definition) is 41. The lowest BCUT2D eigenvalue weighted by molar-refractivity contribution is 0.0346. The van der Waals surface area contributed by atoms with Gasteiger partial charge in [-0.05, 0) is 95.8 Å². The molecule has 1 saturated heterocycles. The number of aromatic nitrogens is 17. The minimum atomic E-state index is -0.574. The monoisotopic (exact) mass is 1750 g/mol. The highest BCUT2D eigenvalue weighted by Gasteiger charge is 2.26. The number of rotatable bonds is 20. The minimum Gasteiger partial charge on any atom is -0.458 e. The second-order valence-electron chi connectivity index (χ2n) is 27.8. The van der Waals surface area contributed by atoms with Crippen molar-refractivity contribution in [3.05, 3.63) is 204 Å². The van der Waals surface area contributed by atoms with E-state index in [9.17, 15) is 9.59 Å². The van der Waals surface area contributed by atoms with Crippen LogP contribution in [0.4, 0.5) is 63.0 Å². The second-order valence-corrected chi connectivity index (χ2v) is 31.2. The van der Waals surface area contributed by atoms with Gasteiger partial charge in [0, 0.05) is 83.5 Å². The average Bonchev–Trinajstić information content (AvgIpc) is 1.63. The summed E-state index contributed by atoms with van der Waals surface area (Å²) >= 11 is 3.95. The van der Waals surface area contributed by atoms with Gasteiger partial charge in [0.25, 0.3) is 0 Å². The molecule has 12 aromatic heterocycles. The fourth-order valence-electron chi connectivity index (χ4n) is 12.2. The zero-order valence-corrected chi connectivity index (χ0v) is 72.6. The van der Waals surface area contributed by atoms with Crippen LogP contribution in [0.1, 0.15) is 107 Å². The number of anilines is 10. The summed E-state index contributed by atoms with van der Waals surface area (Å²) in [5.74, 6) is 5.30. The molecule has 0 unspecified atom stereocenters. The number of thiophene rings is 1. The molecule has 1 fully saturated rings.